The monoisotopic (exact) mass is 330 g/mol. The molecule has 0 aromatic heterocycles. The molecular weight excluding hydrogens is 308 g/mol. The second-order valence-electron chi connectivity index (χ2n) is 4.90. The van der Waals surface area contributed by atoms with Crippen LogP contribution in [0.4, 0.5) is 0 Å². The Bertz CT molecular complexity index is 556. The molecule has 0 spiro atoms. The van der Waals surface area contributed by atoms with Crippen LogP contribution in [0, 0.1) is 6.92 Å². The van der Waals surface area contributed by atoms with Gasteiger partial charge in [-0.1, -0.05) is 24.1 Å². The van der Waals surface area contributed by atoms with Gasteiger partial charge < -0.3 is 5.73 Å². The first-order valence-corrected chi connectivity index (χ1v) is 8.95. The molecule has 3 N–H and O–H groups in total. The predicted octanol–water partition coefficient (Wildman–Crippen LogP) is 1.27. The summed E-state index contributed by atoms with van der Waals surface area (Å²) in [5.74, 6) is -0.227. The maximum Gasteiger partial charge on any atom is 0.241 e. The van der Waals surface area contributed by atoms with Crippen molar-refractivity contribution < 1.29 is 13.2 Å². The van der Waals surface area contributed by atoms with Gasteiger partial charge in [0.1, 0.15) is 0 Å². The standard InChI is InChI=1S/C14H22N2O3S2/c1-11-5-7-12(8-6-11)21(18,19)16-13(14(17)10-20)4-2-3-9-15/h5-8,13,16,20H,2-4,9-10,15H2,1H3/t13-/m0/s1. The fourth-order valence-electron chi connectivity index (χ4n) is 1.86. The summed E-state index contributed by atoms with van der Waals surface area (Å²) in [5.41, 5.74) is 6.39. The van der Waals surface area contributed by atoms with Gasteiger partial charge in [-0.25, -0.2) is 13.1 Å². The van der Waals surface area contributed by atoms with Gasteiger partial charge in [-0.3, -0.25) is 4.79 Å². The van der Waals surface area contributed by atoms with Crippen LogP contribution < -0.4 is 10.5 Å². The minimum atomic E-state index is -3.70. The van der Waals surface area contributed by atoms with E-state index in [9.17, 15) is 13.2 Å². The van der Waals surface area contributed by atoms with Crippen LogP contribution in [-0.4, -0.2) is 32.5 Å². The van der Waals surface area contributed by atoms with Gasteiger partial charge in [0, 0.05) is 0 Å². The smallest absolute Gasteiger partial charge is 0.241 e. The molecule has 0 amide bonds. The van der Waals surface area contributed by atoms with E-state index < -0.39 is 16.1 Å². The molecule has 1 aromatic rings. The summed E-state index contributed by atoms with van der Waals surface area (Å²) in [6, 6.07) is 5.75. The highest BCUT2D eigenvalue weighted by atomic mass is 32.2. The maximum absolute atomic E-state index is 12.3. The second-order valence-corrected chi connectivity index (χ2v) is 6.93. The Morgan fingerprint density at radius 3 is 2.43 bits per heavy atom. The molecule has 21 heavy (non-hydrogen) atoms. The minimum absolute atomic E-state index is 0.00368. The van der Waals surface area contributed by atoms with E-state index in [1.807, 2.05) is 6.92 Å². The highest BCUT2D eigenvalue weighted by Crippen LogP contribution is 2.13. The highest BCUT2D eigenvalue weighted by Gasteiger charge is 2.24. The number of hydrogen-bond donors (Lipinski definition) is 3. The SMILES string of the molecule is Cc1ccc(S(=O)(=O)N[C@@H](CCCCN)C(=O)CS)cc1. The molecular formula is C14H22N2O3S2. The lowest BCUT2D eigenvalue weighted by Crippen LogP contribution is -2.41. The lowest BCUT2D eigenvalue weighted by atomic mass is 10.1. The van der Waals surface area contributed by atoms with Crippen LogP contribution in [0.1, 0.15) is 24.8 Å². The van der Waals surface area contributed by atoms with Crippen LogP contribution in [0.3, 0.4) is 0 Å². The molecule has 0 heterocycles. The van der Waals surface area contributed by atoms with Crippen molar-refractivity contribution >= 4 is 28.4 Å². The molecule has 7 heteroatoms. The molecule has 0 aliphatic heterocycles. The number of Topliss-reactive ketones (excluding diaryl/α,β-unsaturated/α-hetero) is 1. The molecule has 0 fully saturated rings. The van der Waals surface area contributed by atoms with Crippen molar-refractivity contribution in [2.24, 2.45) is 5.73 Å². The van der Waals surface area contributed by atoms with Crippen LogP contribution in [0.5, 0.6) is 0 Å². The van der Waals surface area contributed by atoms with Gasteiger partial charge in [-0.15, -0.1) is 0 Å². The zero-order valence-electron chi connectivity index (χ0n) is 12.1. The molecule has 0 aliphatic rings. The number of nitrogens with one attached hydrogen (secondary N) is 1. The number of benzene rings is 1. The summed E-state index contributed by atoms with van der Waals surface area (Å²) in [4.78, 5) is 12.0. The molecule has 1 aromatic carbocycles. The normalized spacial score (nSPS) is 13.1. The lowest BCUT2D eigenvalue weighted by molar-refractivity contribution is -0.118. The average molecular weight is 330 g/mol. The Morgan fingerprint density at radius 2 is 1.90 bits per heavy atom. The second kappa shape index (κ2) is 8.53. The van der Waals surface area contributed by atoms with Gasteiger partial charge in [0.2, 0.25) is 10.0 Å². The Kier molecular flexibility index (Phi) is 7.37. The topological polar surface area (TPSA) is 89.3 Å². The summed E-state index contributed by atoms with van der Waals surface area (Å²) in [6.07, 6.45) is 1.88. The quantitative estimate of drug-likeness (QED) is 0.470. The number of thiol groups is 1. The molecule has 1 atom stereocenters. The number of aryl methyl sites for hydroxylation is 1. The Hall–Kier alpha value is -0.890. The number of ketones is 1. The number of sulfonamides is 1. The van der Waals surface area contributed by atoms with Crippen molar-refractivity contribution in [2.75, 3.05) is 12.3 Å². The molecule has 1 rings (SSSR count). The Balaban J connectivity index is 2.85. The summed E-state index contributed by atoms with van der Waals surface area (Å²) < 4.78 is 27.1. The fraction of sp³-hybridized carbons (Fsp3) is 0.500. The van der Waals surface area contributed by atoms with E-state index in [1.54, 1.807) is 12.1 Å². The van der Waals surface area contributed by atoms with Crippen LogP contribution in [0.15, 0.2) is 29.2 Å². The van der Waals surface area contributed by atoms with Gasteiger partial charge in [-0.05, 0) is 38.4 Å². The van der Waals surface area contributed by atoms with Gasteiger partial charge in [0.05, 0.1) is 16.7 Å². The third kappa shape index (κ3) is 5.78. The first-order chi connectivity index (χ1) is 9.90. The van der Waals surface area contributed by atoms with Gasteiger partial charge >= 0.3 is 0 Å². The van der Waals surface area contributed by atoms with Crippen molar-refractivity contribution in [1.29, 1.82) is 0 Å². The molecule has 5 nitrogen and oxygen atoms in total. The zero-order chi connectivity index (χ0) is 15.9. The first-order valence-electron chi connectivity index (χ1n) is 6.83. The molecule has 0 saturated heterocycles. The van der Waals surface area contributed by atoms with Crippen molar-refractivity contribution in [1.82, 2.24) is 4.72 Å². The van der Waals surface area contributed by atoms with E-state index in [0.717, 1.165) is 12.0 Å². The Labute approximate surface area is 131 Å². The molecule has 0 saturated carbocycles. The number of carbonyl (C=O) groups is 1. The number of hydrogen-bond acceptors (Lipinski definition) is 5. The van der Waals surface area contributed by atoms with Crippen molar-refractivity contribution in [3.63, 3.8) is 0 Å². The molecule has 0 radical (unpaired) electrons. The number of unbranched alkanes of at least 4 members (excludes halogenated alkanes) is 1. The van der Waals surface area contributed by atoms with E-state index >= 15 is 0 Å². The zero-order valence-corrected chi connectivity index (χ0v) is 13.8. The van der Waals surface area contributed by atoms with Crippen LogP contribution in [0.2, 0.25) is 0 Å². The third-order valence-electron chi connectivity index (χ3n) is 3.12. The predicted molar refractivity (Wildman–Crippen MR) is 87.1 cm³/mol. The van der Waals surface area contributed by atoms with E-state index in [0.29, 0.717) is 19.4 Å². The van der Waals surface area contributed by atoms with Crippen LogP contribution in [0.25, 0.3) is 0 Å². The summed E-state index contributed by atoms with van der Waals surface area (Å²) >= 11 is 3.94. The largest absolute Gasteiger partial charge is 0.330 e. The summed E-state index contributed by atoms with van der Waals surface area (Å²) in [5, 5.41) is 0. The molecule has 0 aliphatic carbocycles. The minimum Gasteiger partial charge on any atom is -0.330 e. The van der Waals surface area contributed by atoms with Gasteiger partial charge in [-0.2, -0.15) is 12.6 Å². The van der Waals surface area contributed by atoms with E-state index in [2.05, 4.69) is 17.4 Å². The van der Waals surface area contributed by atoms with Gasteiger partial charge in [0.15, 0.2) is 5.78 Å². The molecule has 118 valence electrons. The lowest BCUT2D eigenvalue weighted by Gasteiger charge is -2.17. The van der Waals surface area contributed by atoms with E-state index in [1.165, 1.54) is 12.1 Å². The number of carbonyl (C=O) groups excluding carboxylic acids is 1. The molecule has 0 bridgehead atoms. The Morgan fingerprint density at radius 1 is 1.29 bits per heavy atom. The van der Waals surface area contributed by atoms with Crippen LogP contribution >= 0.6 is 12.6 Å². The van der Waals surface area contributed by atoms with Crippen LogP contribution in [-0.2, 0) is 14.8 Å². The van der Waals surface area contributed by atoms with E-state index in [-0.39, 0.29) is 16.4 Å². The molecule has 0 unspecified atom stereocenters. The first kappa shape index (κ1) is 18.2. The summed E-state index contributed by atoms with van der Waals surface area (Å²) in [6.45, 7) is 2.40. The number of rotatable bonds is 9. The van der Waals surface area contributed by atoms with E-state index in [4.69, 9.17) is 5.73 Å². The van der Waals surface area contributed by atoms with Crippen molar-refractivity contribution in [3.8, 4) is 0 Å². The van der Waals surface area contributed by atoms with Gasteiger partial charge in [0.25, 0.3) is 0 Å². The van der Waals surface area contributed by atoms with Crippen molar-refractivity contribution in [3.05, 3.63) is 29.8 Å². The average Bonchev–Trinajstić information content (AvgIpc) is 2.46. The number of nitrogens with two attached hydrogens (primary N) is 1. The highest BCUT2D eigenvalue weighted by molar-refractivity contribution is 7.89. The van der Waals surface area contributed by atoms with Crippen molar-refractivity contribution in [2.45, 2.75) is 37.1 Å². The fourth-order valence-corrected chi connectivity index (χ4v) is 3.34. The third-order valence-corrected chi connectivity index (χ3v) is 4.92. The summed E-state index contributed by atoms with van der Waals surface area (Å²) in [7, 11) is -3.70. The maximum atomic E-state index is 12.3.